The van der Waals surface area contributed by atoms with Gasteiger partial charge in [0.2, 0.25) is 0 Å². The molecule has 0 amide bonds. The summed E-state index contributed by atoms with van der Waals surface area (Å²) in [4.78, 5) is 13.3. The van der Waals surface area contributed by atoms with Gasteiger partial charge in [-0.1, -0.05) is 11.2 Å². The van der Waals surface area contributed by atoms with Crippen LogP contribution in [-0.2, 0) is 6.54 Å². The first-order chi connectivity index (χ1) is 13.2. The van der Waals surface area contributed by atoms with Crippen molar-refractivity contribution >= 4 is 17.3 Å². The predicted octanol–water partition coefficient (Wildman–Crippen LogP) is 2.12. The van der Waals surface area contributed by atoms with Crippen LogP contribution in [0.2, 0.25) is 0 Å². The van der Waals surface area contributed by atoms with E-state index in [1.165, 1.54) is 4.88 Å². The van der Waals surface area contributed by atoms with Crippen LogP contribution < -0.4 is 5.32 Å². The monoisotopic (exact) mass is 390 g/mol. The topological polar surface area (TPSA) is 60.1 Å². The second-order valence-electron chi connectivity index (χ2n) is 6.94. The normalized spacial score (nSPS) is 17.5. The lowest BCUT2D eigenvalue weighted by molar-refractivity contribution is 0.168. The number of thiophene rings is 1. The zero-order valence-electron chi connectivity index (χ0n) is 16.5. The van der Waals surface area contributed by atoms with Crippen molar-refractivity contribution in [2.75, 3.05) is 53.4 Å². The minimum atomic E-state index is 0.312. The standard InChI is InChI=1S/C19H30N6OS/c1-4-20-19(21-14-17(23(2)3)18-6-5-13-27-18)25-10-8-24(9-11-25)15-16-7-12-26-22-16/h5-7,12-13,17H,4,8-11,14-15H2,1-3H3,(H,20,21). The maximum atomic E-state index is 4.97. The molecule has 1 fully saturated rings. The average molecular weight is 391 g/mol. The lowest BCUT2D eigenvalue weighted by Crippen LogP contribution is -2.52. The second-order valence-corrected chi connectivity index (χ2v) is 7.92. The second kappa shape index (κ2) is 9.87. The van der Waals surface area contributed by atoms with Crippen LogP contribution in [0.5, 0.6) is 0 Å². The summed E-state index contributed by atoms with van der Waals surface area (Å²) in [7, 11) is 4.24. The molecule has 1 atom stereocenters. The van der Waals surface area contributed by atoms with E-state index in [1.807, 2.05) is 6.07 Å². The molecule has 3 heterocycles. The first-order valence-corrected chi connectivity index (χ1v) is 10.4. The molecule has 27 heavy (non-hydrogen) atoms. The van der Waals surface area contributed by atoms with Gasteiger partial charge in [-0.05, 0) is 32.5 Å². The number of likely N-dealkylation sites (N-methyl/N-ethyl adjacent to an activating group) is 1. The van der Waals surface area contributed by atoms with E-state index in [1.54, 1.807) is 17.6 Å². The molecule has 1 N–H and O–H groups in total. The number of aromatic nitrogens is 1. The van der Waals surface area contributed by atoms with Crippen molar-refractivity contribution in [1.82, 2.24) is 25.2 Å². The molecule has 8 heteroatoms. The Morgan fingerprint density at radius 2 is 2.15 bits per heavy atom. The summed E-state index contributed by atoms with van der Waals surface area (Å²) >= 11 is 1.80. The van der Waals surface area contributed by atoms with Crippen LogP contribution in [0.25, 0.3) is 0 Å². The van der Waals surface area contributed by atoms with E-state index in [-0.39, 0.29) is 0 Å². The van der Waals surface area contributed by atoms with Crippen molar-refractivity contribution < 1.29 is 4.52 Å². The van der Waals surface area contributed by atoms with Gasteiger partial charge < -0.3 is 19.6 Å². The summed E-state index contributed by atoms with van der Waals surface area (Å²) < 4.78 is 4.93. The van der Waals surface area contributed by atoms with Crippen LogP contribution in [-0.4, -0.2) is 79.2 Å². The van der Waals surface area contributed by atoms with Crippen LogP contribution in [0.15, 0.2) is 39.4 Å². The van der Waals surface area contributed by atoms with Gasteiger partial charge in [0.05, 0.1) is 18.3 Å². The van der Waals surface area contributed by atoms with Gasteiger partial charge >= 0.3 is 0 Å². The van der Waals surface area contributed by atoms with E-state index in [0.717, 1.165) is 57.5 Å². The Labute approximate surface area is 165 Å². The lowest BCUT2D eigenvalue weighted by atomic mass is 10.2. The molecule has 1 aliphatic rings. The van der Waals surface area contributed by atoms with Crippen molar-refractivity contribution in [2.45, 2.75) is 19.5 Å². The Morgan fingerprint density at radius 1 is 1.33 bits per heavy atom. The number of aliphatic imine (C=N–C) groups is 1. The molecule has 2 aromatic heterocycles. The van der Waals surface area contributed by atoms with Crippen molar-refractivity contribution in [3.63, 3.8) is 0 Å². The van der Waals surface area contributed by atoms with Gasteiger partial charge in [0.25, 0.3) is 0 Å². The van der Waals surface area contributed by atoms with E-state index in [2.05, 4.69) is 63.7 Å². The Hall–Kier alpha value is -1.90. The van der Waals surface area contributed by atoms with Crippen molar-refractivity contribution in [3.05, 3.63) is 40.4 Å². The van der Waals surface area contributed by atoms with Crippen molar-refractivity contribution in [2.24, 2.45) is 4.99 Å². The summed E-state index contributed by atoms with van der Waals surface area (Å²) in [5, 5.41) is 9.61. The largest absolute Gasteiger partial charge is 0.364 e. The molecule has 0 aliphatic carbocycles. The average Bonchev–Trinajstić information content (AvgIpc) is 3.36. The number of nitrogens with zero attached hydrogens (tertiary/aromatic N) is 5. The fourth-order valence-electron chi connectivity index (χ4n) is 3.25. The molecule has 1 saturated heterocycles. The van der Waals surface area contributed by atoms with Gasteiger partial charge in [0.15, 0.2) is 5.96 Å². The SMILES string of the molecule is CCNC(=NCC(c1cccs1)N(C)C)N1CCN(Cc2ccon2)CC1. The maximum absolute atomic E-state index is 4.97. The highest BCUT2D eigenvalue weighted by Gasteiger charge is 2.21. The Morgan fingerprint density at radius 3 is 2.74 bits per heavy atom. The number of nitrogens with one attached hydrogen (secondary N) is 1. The molecular formula is C19H30N6OS. The predicted molar refractivity (Wildman–Crippen MR) is 110 cm³/mol. The van der Waals surface area contributed by atoms with Crippen LogP contribution >= 0.6 is 11.3 Å². The molecule has 0 bridgehead atoms. The third kappa shape index (κ3) is 5.54. The molecule has 0 spiro atoms. The molecular weight excluding hydrogens is 360 g/mol. The summed E-state index contributed by atoms with van der Waals surface area (Å²) in [6.07, 6.45) is 1.64. The number of hydrogen-bond acceptors (Lipinski definition) is 6. The van der Waals surface area contributed by atoms with Crippen LogP contribution in [0.1, 0.15) is 23.5 Å². The van der Waals surface area contributed by atoms with Crippen LogP contribution in [0.3, 0.4) is 0 Å². The number of piperazine rings is 1. The smallest absolute Gasteiger partial charge is 0.194 e. The molecule has 148 valence electrons. The molecule has 2 aromatic rings. The number of guanidine groups is 1. The molecule has 1 unspecified atom stereocenters. The zero-order chi connectivity index (χ0) is 19.1. The fourth-order valence-corrected chi connectivity index (χ4v) is 4.17. The zero-order valence-corrected chi connectivity index (χ0v) is 17.3. The van der Waals surface area contributed by atoms with Crippen molar-refractivity contribution in [3.8, 4) is 0 Å². The maximum Gasteiger partial charge on any atom is 0.194 e. The number of rotatable bonds is 7. The van der Waals surface area contributed by atoms with Gasteiger partial charge in [0, 0.05) is 50.2 Å². The van der Waals surface area contributed by atoms with E-state index >= 15 is 0 Å². The highest BCUT2D eigenvalue weighted by molar-refractivity contribution is 7.10. The fraction of sp³-hybridized carbons (Fsp3) is 0.579. The van der Waals surface area contributed by atoms with E-state index in [0.29, 0.717) is 6.04 Å². The Balaban J connectivity index is 1.59. The van der Waals surface area contributed by atoms with Gasteiger partial charge in [-0.2, -0.15) is 0 Å². The van der Waals surface area contributed by atoms with E-state index < -0.39 is 0 Å². The van der Waals surface area contributed by atoms with Gasteiger partial charge in [-0.15, -0.1) is 11.3 Å². The minimum Gasteiger partial charge on any atom is -0.364 e. The minimum absolute atomic E-state index is 0.312. The molecule has 0 radical (unpaired) electrons. The van der Waals surface area contributed by atoms with Gasteiger partial charge in [0.1, 0.15) is 6.26 Å². The summed E-state index contributed by atoms with van der Waals surface area (Å²) in [6.45, 7) is 8.54. The third-order valence-electron chi connectivity index (χ3n) is 4.79. The lowest BCUT2D eigenvalue weighted by Gasteiger charge is -2.36. The highest BCUT2D eigenvalue weighted by Crippen LogP contribution is 2.23. The van der Waals surface area contributed by atoms with E-state index in [4.69, 9.17) is 9.52 Å². The molecule has 0 aromatic carbocycles. The number of hydrogen-bond donors (Lipinski definition) is 1. The first-order valence-electron chi connectivity index (χ1n) is 9.52. The highest BCUT2D eigenvalue weighted by atomic mass is 32.1. The van der Waals surface area contributed by atoms with Gasteiger partial charge in [-0.25, -0.2) is 0 Å². The molecule has 0 saturated carbocycles. The van der Waals surface area contributed by atoms with E-state index in [9.17, 15) is 0 Å². The molecule has 7 nitrogen and oxygen atoms in total. The Bertz CT molecular complexity index is 677. The van der Waals surface area contributed by atoms with Crippen LogP contribution in [0, 0.1) is 0 Å². The summed E-state index contributed by atoms with van der Waals surface area (Å²) in [5.41, 5.74) is 0.994. The first kappa shape index (κ1) is 19.9. The third-order valence-corrected chi connectivity index (χ3v) is 5.77. The molecule has 1 aliphatic heterocycles. The van der Waals surface area contributed by atoms with Gasteiger partial charge in [-0.3, -0.25) is 9.89 Å². The molecule has 3 rings (SSSR count). The van der Waals surface area contributed by atoms with Crippen LogP contribution in [0.4, 0.5) is 0 Å². The quantitative estimate of drug-likeness (QED) is 0.577. The summed E-state index contributed by atoms with van der Waals surface area (Å²) in [6, 6.07) is 6.55. The van der Waals surface area contributed by atoms with Crippen molar-refractivity contribution in [1.29, 1.82) is 0 Å². The Kier molecular flexibility index (Phi) is 7.25. The summed E-state index contributed by atoms with van der Waals surface area (Å²) in [5.74, 6) is 1.02.